The Morgan fingerprint density at radius 3 is 3.17 bits per heavy atom. The van der Waals surface area contributed by atoms with E-state index in [9.17, 15) is 0 Å². The van der Waals surface area contributed by atoms with Crippen LogP contribution >= 0.6 is 0 Å². The number of imidazole rings is 1. The lowest BCUT2D eigenvalue weighted by atomic mass is 9.98. The largest absolute Gasteiger partial charge is 0.382 e. The van der Waals surface area contributed by atoms with E-state index in [1.54, 1.807) is 0 Å². The lowest BCUT2D eigenvalue weighted by Gasteiger charge is -2.24. The van der Waals surface area contributed by atoms with E-state index in [4.69, 9.17) is 0 Å². The summed E-state index contributed by atoms with van der Waals surface area (Å²) in [6.07, 6.45) is 7.24. The van der Waals surface area contributed by atoms with Crippen LogP contribution < -0.4 is 5.32 Å². The lowest BCUT2D eigenvalue weighted by molar-refractivity contribution is 0.680. The number of rotatable bonds is 2. The van der Waals surface area contributed by atoms with E-state index in [1.807, 2.05) is 12.4 Å². The molecule has 2 heterocycles. The number of nitrogens with zero attached hydrogens (tertiary/aromatic N) is 2. The van der Waals surface area contributed by atoms with Gasteiger partial charge in [0, 0.05) is 36.2 Å². The number of nitrogens with one attached hydrogen (secondary N) is 1. The third kappa shape index (κ3) is 1.90. The molecule has 0 aliphatic carbocycles. The van der Waals surface area contributed by atoms with Gasteiger partial charge in [-0.15, -0.1) is 0 Å². The molecule has 2 aromatic rings. The Hall–Kier alpha value is -1.77. The van der Waals surface area contributed by atoms with E-state index in [0.717, 1.165) is 18.7 Å². The Bertz CT molecular complexity index is 557. The average Bonchev–Trinajstić information content (AvgIpc) is 2.86. The molecule has 0 radical (unpaired) electrons. The molecule has 18 heavy (non-hydrogen) atoms. The lowest BCUT2D eigenvalue weighted by Crippen LogP contribution is -2.22. The smallest absolute Gasteiger partial charge is 0.112 e. The second kappa shape index (κ2) is 4.48. The predicted molar refractivity (Wildman–Crippen MR) is 74.3 cm³/mol. The van der Waals surface area contributed by atoms with Crippen LogP contribution in [0.3, 0.4) is 0 Å². The molecule has 1 aliphatic heterocycles. The van der Waals surface area contributed by atoms with Crippen molar-refractivity contribution in [3.8, 4) is 5.69 Å². The molecule has 3 nitrogen and oxygen atoms in total. The minimum Gasteiger partial charge on any atom is -0.382 e. The van der Waals surface area contributed by atoms with Crippen LogP contribution in [-0.2, 0) is 12.8 Å². The first-order valence-electron chi connectivity index (χ1n) is 6.70. The van der Waals surface area contributed by atoms with Gasteiger partial charge in [0.1, 0.15) is 5.82 Å². The Kier molecular flexibility index (Phi) is 2.82. The molecular formula is C15H19N3. The summed E-state index contributed by atoms with van der Waals surface area (Å²) in [5.74, 6) is 1.12. The van der Waals surface area contributed by atoms with Gasteiger partial charge >= 0.3 is 0 Å². The maximum absolute atomic E-state index is 4.38. The summed E-state index contributed by atoms with van der Waals surface area (Å²) in [5, 5.41) is 3.54. The highest BCUT2D eigenvalue weighted by atomic mass is 15.1. The van der Waals surface area contributed by atoms with Gasteiger partial charge in [0.25, 0.3) is 0 Å². The first-order chi connectivity index (χ1) is 8.78. The molecule has 3 rings (SSSR count). The van der Waals surface area contributed by atoms with Gasteiger partial charge in [0.05, 0.1) is 0 Å². The summed E-state index contributed by atoms with van der Waals surface area (Å²) >= 11 is 0. The van der Waals surface area contributed by atoms with E-state index in [1.165, 1.54) is 23.4 Å². The summed E-state index contributed by atoms with van der Waals surface area (Å²) in [5.41, 5.74) is 3.93. The molecule has 0 saturated carbocycles. The van der Waals surface area contributed by atoms with E-state index in [0.29, 0.717) is 6.04 Å². The monoisotopic (exact) mass is 241 g/mol. The van der Waals surface area contributed by atoms with Crippen molar-refractivity contribution in [1.82, 2.24) is 9.55 Å². The topological polar surface area (TPSA) is 29.9 Å². The summed E-state index contributed by atoms with van der Waals surface area (Å²) in [4.78, 5) is 4.38. The summed E-state index contributed by atoms with van der Waals surface area (Å²) in [6.45, 7) is 4.38. The minimum absolute atomic E-state index is 0.586. The third-order valence-electron chi connectivity index (χ3n) is 3.65. The van der Waals surface area contributed by atoms with Crippen LogP contribution in [0.15, 0.2) is 30.6 Å². The van der Waals surface area contributed by atoms with Crippen molar-refractivity contribution in [2.75, 3.05) is 5.32 Å². The Morgan fingerprint density at radius 2 is 2.33 bits per heavy atom. The molecule has 0 fully saturated rings. The molecule has 0 spiro atoms. The normalized spacial score (nSPS) is 18.2. The van der Waals surface area contributed by atoms with Crippen LogP contribution in [0.4, 0.5) is 5.69 Å². The van der Waals surface area contributed by atoms with Crippen molar-refractivity contribution in [2.24, 2.45) is 0 Å². The Balaban J connectivity index is 2.00. The highest BCUT2D eigenvalue weighted by Gasteiger charge is 2.14. The van der Waals surface area contributed by atoms with Gasteiger partial charge in [-0.2, -0.15) is 0 Å². The van der Waals surface area contributed by atoms with E-state index in [-0.39, 0.29) is 0 Å². The second-order valence-electron chi connectivity index (χ2n) is 4.99. The molecule has 1 N–H and O–H groups in total. The summed E-state index contributed by atoms with van der Waals surface area (Å²) in [7, 11) is 0. The van der Waals surface area contributed by atoms with Crippen LogP contribution in [0.2, 0.25) is 0 Å². The van der Waals surface area contributed by atoms with Crippen LogP contribution in [0.5, 0.6) is 0 Å². The molecule has 0 saturated heterocycles. The zero-order valence-electron chi connectivity index (χ0n) is 11.0. The fourth-order valence-corrected chi connectivity index (χ4v) is 2.62. The second-order valence-corrected chi connectivity index (χ2v) is 4.99. The van der Waals surface area contributed by atoms with Crippen molar-refractivity contribution in [2.45, 2.75) is 39.2 Å². The first-order valence-corrected chi connectivity index (χ1v) is 6.70. The summed E-state index contributed by atoms with van der Waals surface area (Å²) in [6, 6.07) is 7.24. The summed E-state index contributed by atoms with van der Waals surface area (Å²) < 4.78 is 2.18. The maximum Gasteiger partial charge on any atom is 0.112 e. The molecule has 1 aromatic carbocycles. The molecule has 1 atom stereocenters. The molecule has 0 bridgehead atoms. The van der Waals surface area contributed by atoms with Crippen molar-refractivity contribution in [3.05, 3.63) is 42.0 Å². The Labute approximate surface area is 108 Å². The van der Waals surface area contributed by atoms with Gasteiger partial charge in [-0.1, -0.05) is 6.92 Å². The predicted octanol–water partition coefficient (Wildman–Crippen LogP) is 3.18. The van der Waals surface area contributed by atoms with Gasteiger partial charge in [0.15, 0.2) is 0 Å². The highest BCUT2D eigenvalue weighted by molar-refractivity contribution is 5.58. The quantitative estimate of drug-likeness (QED) is 0.875. The van der Waals surface area contributed by atoms with Crippen LogP contribution in [0.1, 0.15) is 31.7 Å². The number of anilines is 1. The number of hydrogen-bond donors (Lipinski definition) is 1. The zero-order chi connectivity index (χ0) is 12.5. The number of aromatic nitrogens is 2. The Morgan fingerprint density at radius 1 is 1.44 bits per heavy atom. The molecular weight excluding hydrogens is 222 g/mol. The van der Waals surface area contributed by atoms with E-state index < -0.39 is 0 Å². The fraction of sp³-hybridized carbons (Fsp3) is 0.400. The minimum atomic E-state index is 0.586. The van der Waals surface area contributed by atoms with Crippen molar-refractivity contribution in [1.29, 1.82) is 0 Å². The molecule has 1 aliphatic rings. The van der Waals surface area contributed by atoms with Crippen molar-refractivity contribution in [3.63, 3.8) is 0 Å². The van der Waals surface area contributed by atoms with Gasteiger partial charge in [-0.05, 0) is 43.5 Å². The third-order valence-corrected chi connectivity index (χ3v) is 3.65. The molecule has 1 unspecified atom stereocenters. The van der Waals surface area contributed by atoms with E-state index in [2.05, 4.69) is 46.9 Å². The maximum atomic E-state index is 4.38. The number of hydrogen-bond acceptors (Lipinski definition) is 2. The number of benzene rings is 1. The fourth-order valence-electron chi connectivity index (χ4n) is 2.62. The molecule has 3 heteroatoms. The van der Waals surface area contributed by atoms with Crippen molar-refractivity contribution < 1.29 is 0 Å². The molecule has 94 valence electrons. The van der Waals surface area contributed by atoms with Gasteiger partial charge < -0.3 is 9.88 Å². The number of fused-ring (bicyclic) bond motifs is 1. The van der Waals surface area contributed by atoms with Gasteiger partial charge in [-0.3, -0.25) is 0 Å². The first kappa shape index (κ1) is 11.3. The SMILES string of the molecule is CCc1nccn1-c1ccc2c(c1)CCC(C)N2. The number of aryl methyl sites for hydroxylation is 2. The highest BCUT2D eigenvalue weighted by Crippen LogP contribution is 2.27. The average molecular weight is 241 g/mol. The van der Waals surface area contributed by atoms with Gasteiger partial charge in [0.2, 0.25) is 0 Å². The molecule has 1 aromatic heterocycles. The van der Waals surface area contributed by atoms with Crippen LogP contribution in [0.25, 0.3) is 5.69 Å². The van der Waals surface area contributed by atoms with Crippen LogP contribution in [0, 0.1) is 0 Å². The van der Waals surface area contributed by atoms with Crippen molar-refractivity contribution >= 4 is 5.69 Å². The standard InChI is InChI=1S/C15H19N3/c1-3-15-16-8-9-18(15)13-6-7-14-12(10-13)5-4-11(2)17-14/h6-11,17H,3-5H2,1-2H3. The van der Waals surface area contributed by atoms with Crippen LogP contribution in [-0.4, -0.2) is 15.6 Å². The van der Waals surface area contributed by atoms with E-state index >= 15 is 0 Å². The molecule has 0 amide bonds. The zero-order valence-corrected chi connectivity index (χ0v) is 11.0. The van der Waals surface area contributed by atoms with Gasteiger partial charge in [-0.25, -0.2) is 4.98 Å².